The summed E-state index contributed by atoms with van der Waals surface area (Å²) in [6.45, 7) is 8.13. The Bertz CT molecular complexity index is 68.1. The Morgan fingerprint density at radius 1 is 1.33 bits per heavy atom. The van der Waals surface area contributed by atoms with E-state index in [0.717, 1.165) is 5.92 Å². The highest BCUT2D eigenvalue weighted by Crippen LogP contribution is 2.12. The molecule has 0 heterocycles. The first-order valence-corrected chi connectivity index (χ1v) is 3.79. The average Bonchev–Trinajstić information content (AvgIpc) is 1.91. The van der Waals surface area contributed by atoms with Gasteiger partial charge in [-0.25, -0.2) is 0 Å². The lowest BCUT2D eigenvalue weighted by atomic mass is 10.00. The van der Waals surface area contributed by atoms with E-state index in [9.17, 15) is 0 Å². The first-order chi connectivity index (χ1) is 4.35. The van der Waals surface area contributed by atoms with Crippen molar-refractivity contribution < 1.29 is 0 Å². The molecule has 0 heteroatoms. The molecule has 0 aromatic rings. The van der Waals surface area contributed by atoms with E-state index < -0.39 is 0 Å². The molecule has 0 aliphatic rings. The molecule has 0 rings (SSSR count). The van der Waals surface area contributed by atoms with Crippen LogP contribution in [-0.4, -0.2) is 0 Å². The van der Waals surface area contributed by atoms with Gasteiger partial charge in [-0.15, -0.1) is 0 Å². The van der Waals surface area contributed by atoms with Crippen molar-refractivity contribution in [1.29, 1.82) is 0 Å². The number of hydrogen-bond acceptors (Lipinski definition) is 0. The molecule has 0 unspecified atom stereocenters. The molecule has 0 atom stereocenters. The molecule has 0 spiro atoms. The molecule has 53 valence electrons. The van der Waals surface area contributed by atoms with Crippen LogP contribution in [0.15, 0.2) is 12.2 Å². The van der Waals surface area contributed by atoms with Gasteiger partial charge in [-0.2, -0.15) is 0 Å². The molecule has 0 N–H and O–H groups in total. The van der Waals surface area contributed by atoms with Crippen molar-refractivity contribution in [3.05, 3.63) is 19.1 Å². The van der Waals surface area contributed by atoms with Crippen molar-refractivity contribution in [3.8, 4) is 0 Å². The van der Waals surface area contributed by atoms with Crippen molar-refractivity contribution in [2.75, 3.05) is 0 Å². The molecule has 0 saturated carbocycles. The van der Waals surface area contributed by atoms with Crippen LogP contribution in [0.3, 0.4) is 0 Å². The van der Waals surface area contributed by atoms with Gasteiger partial charge >= 0.3 is 0 Å². The predicted molar refractivity (Wildman–Crippen MR) is 43.2 cm³/mol. The monoisotopic (exact) mass is 125 g/mol. The van der Waals surface area contributed by atoms with Crippen LogP contribution in [0.2, 0.25) is 0 Å². The zero-order valence-corrected chi connectivity index (χ0v) is 6.56. The fraction of sp³-hybridized carbons (Fsp3) is 0.667. The Morgan fingerprint density at radius 2 is 1.89 bits per heavy atom. The predicted octanol–water partition coefficient (Wildman–Crippen LogP) is 3.20. The fourth-order valence-electron chi connectivity index (χ4n) is 0.911. The summed E-state index contributed by atoms with van der Waals surface area (Å²) in [7, 11) is 0. The van der Waals surface area contributed by atoms with E-state index in [4.69, 9.17) is 0 Å². The standard InChI is InChI=1S/C9H17/c1-4-7-8-9(5-2)6-3/h4,7,9H,1,5-6,8H2,2-3H3/b7-4+. The minimum atomic E-state index is 0.878. The second kappa shape index (κ2) is 5.87. The SMILES string of the molecule is [CH2]/C=C/CC(CC)CC. The zero-order chi connectivity index (χ0) is 7.11. The Morgan fingerprint density at radius 3 is 2.22 bits per heavy atom. The van der Waals surface area contributed by atoms with Crippen LogP contribution >= 0.6 is 0 Å². The number of hydrogen-bond donors (Lipinski definition) is 0. The van der Waals surface area contributed by atoms with Crippen molar-refractivity contribution in [1.82, 2.24) is 0 Å². The second-order valence-corrected chi connectivity index (χ2v) is 2.39. The molecule has 0 fully saturated rings. The summed E-state index contributed by atoms with van der Waals surface area (Å²) < 4.78 is 0. The topological polar surface area (TPSA) is 0 Å². The third-order valence-electron chi connectivity index (χ3n) is 1.79. The molecule has 0 bridgehead atoms. The first-order valence-electron chi connectivity index (χ1n) is 3.79. The summed E-state index contributed by atoms with van der Waals surface area (Å²) in [5.74, 6) is 0.878. The van der Waals surface area contributed by atoms with Gasteiger partial charge in [-0.05, 0) is 19.3 Å². The van der Waals surface area contributed by atoms with Crippen molar-refractivity contribution in [2.45, 2.75) is 33.1 Å². The van der Waals surface area contributed by atoms with Crippen LogP contribution < -0.4 is 0 Å². The fourth-order valence-corrected chi connectivity index (χ4v) is 0.911. The summed E-state index contributed by atoms with van der Waals surface area (Å²) in [6.07, 6.45) is 7.83. The van der Waals surface area contributed by atoms with Gasteiger partial charge in [0.2, 0.25) is 0 Å². The zero-order valence-electron chi connectivity index (χ0n) is 6.56. The maximum atomic E-state index is 3.65. The molecular weight excluding hydrogens is 108 g/mol. The quantitative estimate of drug-likeness (QED) is 0.541. The lowest BCUT2D eigenvalue weighted by molar-refractivity contribution is 0.500. The van der Waals surface area contributed by atoms with Crippen LogP contribution in [0.4, 0.5) is 0 Å². The Balaban J connectivity index is 3.31. The molecule has 0 aliphatic carbocycles. The van der Waals surface area contributed by atoms with Crippen molar-refractivity contribution in [3.63, 3.8) is 0 Å². The average molecular weight is 125 g/mol. The molecule has 0 aromatic heterocycles. The lowest BCUT2D eigenvalue weighted by Gasteiger charge is -2.06. The van der Waals surface area contributed by atoms with Gasteiger partial charge in [0, 0.05) is 0 Å². The molecule has 0 aliphatic heterocycles. The van der Waals surface area contributed by atoms with Gasteiger partial charge in [-0.3, -0.25) is 0 Å². The summed E-state index contributed by atoms with van der Waals surface area (Å²) >= 11 is 0. The third kappa shape index (κ3) is 4.26. The van der Waals surface area contributed by atoms with E-state index >= 15 is 0 Å². The molecule has 0 aromatic carbocycles. The van der Waals surface area contributed by atoms with Crippen LogP contribution in [0.5, 0.6) is 0 Å². The largest absolute Gasteiger partial charge is 0.0883 e. The Kier molecular flexibility index (Phi) is 5.70. The normalized spacial score (nSPS) is 11.6. The number of allylic oxidation sites excluding steroid dienone is 2. The van der Waals surface area contributed by atoms with Crippen LogP contribution in [0, 0.1) is 12.8 Å². The van der Waals surface area contributed by atoms with Gasteiger partial charge in [0.25, 0.3) is 0 Å². The van der Waals surface area contributed by atoms with E-state index in [2.05, 4.69) is 26.8 Å². The van der Waals surface area contributed by atoms with Crippen LogP contribution in [0.25, 0.3) is 0 Å². The second-order valence-electron chi connectivity index (χ2n) is 2.39. The van der Waals surface area contributed by atoms with E-state index in [-0.39, 0.29) is 0 Å². The molecule has 9 heavy (non-hydrogen) atoms. The van der Waals surface area contributed by atoms with Gasteiger partial charge in [0.05, 0.1) is 0 Å². The van der Waals surface area contributed by atoms with E-state index in [1.54, 1.807) is 0 Å². The molecule has 0 nitrogen and oxygen atoms in total. The number of rotatable bonds is 4. The smallest absolute Gasteiger partial charge is 0.0316 e. The maximum absolute atomic E-state index is 3.65. The Labute approximate surface area is 59.0 Å². The van der Waals surface area contributed by atoms with Gasteiger partial charge in [0.15, 0.2) is 0 Å². The van der Waals surface area contributed by atoms with Crippen LogP contribution in [-0.2, 0) is 0 Å². The molecule has 0 saturated heterocycles. The van der Waals surface area contributed by atoms with E-state index in [1.807, 2.05) is 6.08 Å². The Hall–Kier alpha value is -0.260. The minimum absolute atomic E-state index is 0.878. The highest BCUT2D eigenvalue weighted by atomic mass is 14.0. The maximum Gasteiger partial charge on any atom is -0.0316 e. The molecule has 1 radical (unpaired) electrons. The van der Waals surface area contributed by atoms with Gasteiger partial charge in [0.1, 0.15) is 0 Å². The van der Waals surface area contributed by atoms with E-state index in [1.165, 1.54) is 19.3 Å². The van der Waals surface area contributed by atoms with Gasteiger partial charge in [-0.1, -0.05) is 38.8 Å². The molecule has 0 amide bonds. The highest BCUT2D eigenvalue weighted by Gasteiger charge is 1.97. The lowest BCUT2D eigenvalue weighted by Crippen LogP contribution is -1.92. The van der Waals surface area contributed by atoms with Crippen molar-refractivity contribution >= 4 is 0 Å². The summed E-state index contributed by atoms with van der Waals surface area (Å²) in [6, 6.07) is 0. The summed E-state index contributed by atoms with van der Waals surface area (Å²) in [4.78, 5) is 0. The third-order valence-corrected chi connectivity index (χ3v) is 1.79. The van der Waals surface area contributed by atoms with E-state index in [0.29, 0.717) is 0 Å². The minimum Gasteiger partial charge on any atom is -0.0883 e. The summed E-state index contributed by atoms with van der Waals surface area (Å²) in [5.41, 5.74) is 0. The van der Waals surface area contributed by atoms with Crippen LogP contribution in [0.1, 0.15) is 33.1 Å². The first kappa shape index (κ1) is 8.74. The van der Waals surface area contributed by atoms with Crippen molar-refractivity contribution in [2.24, 2.45) is 5.92 Å². The highest BCUT2D eigenvalue weighted by molar-refractivity contribution is 4.85. The summed E-state index contributed by atoms with van der Waals surface area (Å²) in [5, 5.41) is 0. The molecular formula is C9H17. The van der Waals surface area contributed by atoms with Gasteiger partial charge < -0.3 is 0 Å².